The Hall–Kier alpha value is -1.38. The molecule has 1 aliphatic carbocycles. The van der Waals surface area contributed by atoms with E-state index in [-0.39, 0.29) is 5.91 Å². The molecule has 0 N–H and O–H groups in total. The number of aryl methyl sites for hydroxylation is 1. The van der Waals surface area contributed by atoms with Gasteiger partial charge in [-0.05, 0) is 37.8 Å². The summed E-state index contributed by atoms with van der Waals surface area (Å²) >= 11 is 0. The molecule has 0 aliphatic heterocycles. The molecule has 0 aromatic carbocycles. The van der Waals surface area contributed by atoms with Crippen molar-refractivity contribution >= 4 is 5.91 Å². The molecule has 1 heterocycles. The van der Waals surface area contributed by atoms with Crippen LogP contribution in [-0.2, 0) is 6.42 Å². The molecule has 1 aliphatic rings. The van der Waals surface area contributed by atoms with Gasteiger partial charge >= 0.3 is 0 Å². The third kappa shape index (κ3) is 2.08. The molecule has 0 atom stereocenters. The van der Waals surface area contributed by atoms with Crippen LogP contribution >= 0.6 is 0 Å². The van der Waals surface area contributed by atoms with Gasteiger partial charge in [0.2, 0.25) is 0 Å². The van der Waals surface area contributed by atoms with E-state index in [0.717, 1.165) is 25.0 Å². The summed E-state index contributed by atoms with van der Waals surface area (Å²) in [5, 5.41) is 0. The number of carbonyl (C=O) groups excluding carboxylic acids is 1. The second-order valence-electron chi connectivity index (χ2n) is 4.39. The Morgan fingerprint density at radius 1 is 1.50 bits per heavy atom. The molecular formula is C13H18N2O. The predicted molar refractivity (Wildman–Crippen MR) is 63.3 cm³/mol. The van der Waals surface area contributed by atoms with Crippen molar-refractivity contribution in [2.24, 2.45) is 0 Å². The minimum Gasteiger partial charge on any atom is -0.339 e. The Labute approximate surface area is 96.5 Å². The van der Waals surface area contributed by atoms with Crippen LogP contribution in [0.25, 0.3) is 0 Å². The first-order chi connectivity index (χ1) is 7.72. The number of carbonyl (C=O) groups is 1. The highest BCUT2D eigenvalue weighted by atomic mass is 16.2. The molecule has 16 heavy (non-hydrogen) atoms. The van der Waals surface area contributed by atoms with E-state index in [0.29, 0.717) is 11.6 Å². The second-order valence-corrected chi connectivity index (χ2v) is 4.39. The van der Waals surface area contributed by atoms with Crippen molar-refractivity contribution in [3.05, 3.63) is 29.6 Å². The van der Waals surface area contributed by atoms with Gasteiger partial charge in [-0.3, -0.25) is 9.78 Å². The molecule has 1 saturated carbocycles. The van der Waals surface area contributed by atoms with Gasteiger partial charge in [0.05, 0.1) is 5.56 Å². The fourth-order valence-electron chi connectivity index (χ4n) is 1.90. The van der Waals surface area contributed by atoms with Crippen LogP contribution in [0.4, 0.5) is 0 Å². The highest BCUT2D eigenvalue weighted by molar-refractivity contribution is 5.94. The summed E-state index contributed by atoms with van der Waals surface area (Å²) in [6.45, 7) is 2.06. The number of hydrogen-bond acceptors (Lipinski definition) is 2. The fraction of sp³-hybridized carbons (Fsp3) is 0.538. The molecule has 3 heteroatoms. The third-order valence-electron chi connectivity index (χ3n) is 3.38. The van der Waals surface area contributed by atoms with Gasteiger partial charge in [-0.1, -0.05) is 6.92 Å². The van der Waals surface area contributed by atoms with Gasteiger partial charge in [0.15, 0.2) is 0 Å². The van der Waals surface area contributed by atoms with Crippen LogP contribution in [0, 0.1) is 0 Å². The van der Waals surface area contributed by atoms with Crippen molar-refractivity contribution in [3.8, 4) is 0 Å². The van der Waals surface area contributed by atoms with Gasteiger partial charge in [-0.2, -0.15) is 0 Å². The average molecular weight is 218 g/mol. The van der Waals surface area contributed by atoms with Crippen molar-refractivity contribution in [1.29, 1.82) is 0 Å². The lowest BCUT2D eigenvalue weighted by Crippen LogP contribution is -2.41. The van der Waals surface area contributed by atoms with Gasteiger partial charge in [0.1, 0.15) is 0 Å². The lowest BCUT2D eigenvalue weighted by Gasteiger charge is -2.34. The van der Waals surface area contributed by atoms with E-state index in [2.05, 4.69) is 11.9 Å². The summed E-state index contributed by atoms with van der Waals surface area (Å²) < 4.78 is 0. The smallest absolute Gasteiger partial charge is 0.255 e. The predicted octanol–water partition coefficient (Wildman–Crippen LogP) is 2.27. The minimum absolute atomic E-state index is 0.0971. The molecule has 1 aromatic rings. The summed E-state index contributed by atoms with van der Waals surface area (Å²) in [4.78, 5) is 18.2. The van der Waals surface area contributed by atoms with E-state index in [4.69, 9.17) is 0 Å². The molecule has 0 spiro atoms. The average Bonchev–Trinajstić information content (AvgIpc) is 2.26. The molecule has 1 amide bonds. The Morgan fingerprint density at radius 2 is 2.25 bits per heavy atom. The quantitative estimate of drug-likeness (QED) is 0.779. The molecule has 0 bridgehead atoms. The van der Waals surface area contributed by atoms with Gasteiger partial charge < -0.3 is 4.90 Å². The van der Waals surface area contributed by atoms with E-state index in [1.165, 1.54) is 6.42 Å². The Morgan fingerprint density at radius 3 is 2.69 bits per heavy atom. The summed E-state index contributed by atoms with van der Waals surface area (Å²) in [7, 11) is 1.89. The number of pyridine rings is 1. The zero-order valence-corrected chi connectivity index (χ0v) is 9.94. The highest BCUT2D eigenvalue weighted by Gasteiger charge is 2.26. The SMILES string of the molecule is CCc1ccc(C(=O)N(C)C2CCC2)cn1. The number of amides is 1. The number of rotatable bonds is 3. The van der Waals surface area contributed by atoms with Crippen LogP contribution in [0.5, 0.6) is 0 Å². The minimum atomic E-state index is 0.0971. The largest absolute Gasteiger partial charge is 0.339 e. The lowest BCUT2D eigenvalue weighted by molar-refractivity contribution is 0.0651. The second kappa shape index (κ2) is 4.64. The number of aromatic nitrogens is 1. The number of hydrogen-bond donors (Lipinski definition) is 0. The maximum atomic E-state index is 12.1. The van der Waals surface area contributed by atoms with Gasteiger partial charge in [0, 0.05) is 25.0 Å². The summed E-state index contributed by atoms with van der Waals surface area (Å²) in [5.74, 6) is 0.0971. The summed E-state index contributed by atoms with van der Waals surface area (Å²) in [6, 6.07) is 4.25. The topological polar surface area (TPSA) is 33.2 Å². The van der Waals surface area contributed by atoms with Gasteiger partial charge in [0.25, 0.3) is 5.91 Å². The zero-order chi connectivity index (χ0) is 11.5. The zero-order valence-electron chi connectivity index (χ0n) is 9.94. The third-order valence-corrected chi connectivity index (χ3v) is 3.38. The Bertz CT molecular complexity index is 368. The number of nitrogens with zero attached hydrogens (tertiary/aromatic N) is 2. The molecule has 1 aromatic heterocycles. The van der Waals surface area contributed by atoms with Crippen molar-refractivity contribution in [3.63, 3.8) is 0 Å². The van der Waals surface area contributed by atoms with Crippen LogP contribution in [0.1, 0.15) is 42.2 Å². The van der Waals surface area contributed by atoms with Crippen LogP contribution in [0.2, 0.25) is 0 Å². The van der Waals surface area contributed by atoms with E-state index in [9.17, 15) is 4.79 Å². The van der Waals surface area contributed by atoms with E-state index >= 15 is 0 Å². The van der Waals surface area contributed by atoms with Crippen LogP contribution < -0.4 is 0 Å². The maximum absolute atomic E-state index is 12.1. The Balaban J connectivity index is 2.07. The van der Waals surface area contributed by atoms with Gasteiger partial charge in [-0.15, -0.1) is 0 Å². The van der Waals surface area contributed by atoms with Crippen LogP contribution in [0.15, 0.2) is 18.3 Å². The summed E-state index contributed by atoms with van der Waals surface area (Å²) in [6.07, 6.45) is 6.13. The molecule has 2 rings (SSSR count). The molecular weight excluding hydrogens is 200 g/mol. The normalized spacial score (nSPS) is 15.6. The monoisotopic (exact) mass is 218 g/mol. The molecule has 0 radical (unpaired) electrons. The maximum Gasteiger partial charge on any atom is 0.255 e. The van der Waals surface area contributed by atoms with E-state index in [1.54, 1.807) is 6.20 Å². The van der Waals surface area contributed by atoms with Crippen molar-refractivity contribution in [1.82, 2.24) is 9.88 Å². The van der Waals surface area contributed by atoms with Gasteiger partial charge in [-0.25, -0.2) is 0 Å². The standard InChI is InChI=1S/C13H18N2O/c1-3-11-8-7-10(9-14-11)13(16)15(2)12-5-4-6-12/h7-9,12H,3-6H2,1-2H3. The fourth-order valence-corrected chi connectivity index (χ4v) is 1.90. The van der Waals surface area contributed by atoms with Crippen molar-refractivity contribution < 1.29 is 4.79 Å². The highest BCUT2D eigenvalue weighted by Crippen LogP contribution is 2.24. The van der Waals surface area contributed by atoms with E-state index in [1.807, 2.05) is 24.1 Å². The van der Waals surface area contributed by atoms with E-state index < -0.39 is 0 Å². The molecule has 0 unspecified atom stereocenters. The first kappa shape index (κ1) is 11.1. The lowest BCUT2D eigenvalue weighted by atomic mass is 9.91. The first-order valence-corrected chi connectivity index (χ1v) is 5.94. The first-order valence-electron chi connectivity index (χ1n) is 5.94. The van der Waals surface area contributed by atoms with Crippen LogP contribution in [-0.4, -0.2) is 28.9 Å². The molecule has 0 saturated heterocycles. The van der Waals surface area contributed by atoms with Crippen molar-refractivity contribution in [2.75, 3.05) is 7.05 Å². The molecule has 1 fully saturated rings. The summed E-state index contributed by atoms with van der Waals surface area (Å²) in [5.41, 5.74) is 1.73. The Kier molecular flexibility index (Phi) is 3.22. The van der Waals surface area contributed by atoms with Crippen LogP contribution in [0.3, 0.4) is 0 Å². The molecule has 3 nitrogen and oxygen atoms in total. The van der Waals surface area contributed by atoms with Crippen molar-refractivity contribution in [2.45, 2.75) is 38.6 Å². The molecule has 86 valence electrons.